The highest BCUT2D eigenvalue weighted by atomic mass is 32.2. The highest BCUT2D eigenvalue weighted by Crippen LogP contribution is 2.36. The van der Waals surface area contributed by atoms with E-state index >= 15 is 0 Å². The van der Waals surface area contributed by atoms with Gasteiger partial charge in [0.2, 0.25) is 0 Å². The molecule has 1 aromatic carbocycles. The third kappa shape index (κ3) is 3.49. The average molecular weight is 438 g/mol. The Kier molecular flexibility index (Phi) is 4.79. The van der Waals surface area contributed by atoms with E-state index < -0.39 is 9.84 Å². The molecule has 1 aliphatic heterocycles. The number of sulfone groups is 1. The number of H-pyrrole nitrogens is 1. The number of hydrogen-bond acceptors (Lipinski definition) is 6. The summed E-state index contributed by atoms with van der Waals surface area (Å²) in [5.74, 6) is 1.51. The zero-order valence-electron chi connectivity index (χ0n) is 17.3. The molecule has 0 unspecified atom stereocenters. The maximum atomic E-state index is 12.5. The fourth-order valence-electron chi connectivity index (χ4n) is 4.12. The number of nitrogens with one attached hydrogen (secondary N) is 1. The lowest BCUT2D eigenvalue weighted by molar-refractivity contribution is 0.0986. The number of hydrogen-bond donors (Lipinski definition) is 1. The molecule has 1 atom stereocenters. The highest BCUT2D eigenvalue weighted by molar-refractivity contribution is 7.90. The van der Waals surface area contributed by atoms with Gasteiger partial charge in [-0.1, -0.05) is 18.2 Å². The molecule has 9 heteroatoms. The van der Waals surface area contributed by atoms with Crippen LogP contribution in [0.25, 0.3) is 28.0 Å². The van der Waals surface area contributed by atoms with Crippen LogP contribution in [0.4, 0.5) is 5.82 Å². The molecular formula is C22H23N5O3S. The van der Waals surface area contributed by atoms with Crippen molar-refractivity contribution in [2.75, 3.05) is 30.9 Å². The minimum Gasteiger partial charge on any atom is -0.377 e. The molecule has 0 amide bonds. The Balaban J connectivity index is 1.81. The molecule has 160 valence electrons. The zero-order valence-corrected chi connectivity index (χ0v) is 18.1. The highest BCUT2D eigenvalue weighted by Gasteiger charge is 2.24. The van der Waals surface area contributed by atoms with Crippen molar-refractivity contribution in [2.45, 2.75) is 17.9 Å². The molecule has 0 radical (unpaired) electrons. The molecule has 0 saturated carbocycles. The van der Waals surface area contributed by atoms with E-state index in [-0.39, 0.29) is 6.04 Å². The first-order chi connectivity index (χ1) is 14.9. The van der Waals surface area contributed by atoms with Gasteiger partial charge in [-0.05, 0) is 30.7 Å². The number of aromatic nitrogens is 4. The molecule has 4 heterocycles. The lowest BCUT2D eigenvalue weighted by Crippen LogP contribution is -2.44. The third-order valence-corrected chi connectivity index (χ3v) is 6.77. The van der Waals surface area contributed by atoms with E-state index in [4.69, 9.17) is 9.72 Å². The summed E-state index contributed by atoms with van der Waals surface area (Å²) in [6.45, 7) is 4.06. The van der Waals surface area contributed by atoms with Crippen molar-refractivity contribution in [1.82, 2.24) is 19.7 Å². The van der Waals surface area contributed by atoms with E-state index in [0.717, 1.165) is 34.8 Å². The Labute approximate surface area is 180 Å². The standard InChI is InChI=1S/C22H23N5O3S/c1-15-14-30-12-11-26(15)21-13-18(16-5-3-4-6-19(16)31(2,28)29)17-8-10-27(22(17)24-21)20-7-9-23-25-20/h3-10,13,15H,11-12,14H2,1-2H3,(H,23,25)/t15-/m1/s1. The predicted octanol–water partition coefficient (Wildman–Crippen LogP) is 3.04. The summed E-state index contributed by atoms with van der Waals surface area (Å²) in [7, 11) is -3.41. The number of rotatable bonds is 4. The number of pyridine rings is 1. The smallest absolute Gasteiger partial charge is 0.176 e. The molecule has 5 rings (SSSR count). The van der Waals surface area contributed by atoms with Gasteiger partial charge < -0.3 is 9.64 Å². The van der Waals surface area contributed by atoms with Crippen molar-refractivity contribution in [2.24, 2.45) is 0 Å². The SMILES string of the molecule is C[C@@H]1COCCN1c1cc(-c2ccccc2S(C)(=O)=O)c2ccn(-c3cc[nH]n3)c2n1. The van der Waals surface area contributed by atoms with Gasteiger partial charge in [0, 0.05) is 42.2 Å². The summed E-state index contributed by atoms with van der Waals surface area (Å²) >= 11 is 0. The summed E-state index contributed by atoms with van der Waals surface area (Å²) in [5.41, 5.74) is 2.22. The normalized spacial score (nSPS) is 17.4. The van der Waals surface area contributed by atoms with Crippen LogP contribution >= 0.6 is 0 Å². The van der Waals surface area contributed by atoms with Gasteiger partial charge in [0.15, 0.2) is 15.7 Å². The van der Waals surface area contributed by atoms with Crippen molar-refractivity contribution in [1.29, 1.82) is 0 Å². The van der Waals surface area contributed by atoms with Gasteiger partial charge in [0.05, 0.1) is 24.2 Å². The van der Waals surface area contributed by atoms with E-state index in [2.05, 4.69) is 22.0 Å². The van der Waals surface area contributed by atoms with Gasteiger partial charge in [-0.25, -0.2) is 13.4 Å². The van der Waals surface area contributed by atoms with Crippen molar-refractivity contribution < 1.29 is 13.2 Å². The summed E-state index contributed by atoms with van der Waals surface area (Å²) in [6, 6.07) is 13.1. The van der Waals surface area contributed by atoms with Gasteiger partial charge >= 0.3 is 0 Å². The van der Waals surface area contributed by atoms with Gasteiger partial charge in [-0.2, -0.15) is 5.10 Å². The van der Waals surface area contributed by atoms with E-state index in [1.165, 1.54) is 6.26 Å². The second kappa shape index (κ2) is 7.51. The number of morpholine rings is 1. The molecule has 31 heavy (non-hydrogen) atoms. The monoisotopic (exact) mass is 437 g/mol. The van der Waals surface area contributed by atoms with Crippen LogP contribution in [-0.4, -0.2) is 60.2 Å². The molecular weight excluding hydrogens is 414 g/mol. The van der Waals surface area contributed by atoms with Gasteiger partial charge in [0.1, 0.15) is 11.5 Å². The third-order valence-electron chi connectivity index (χ3n) is 5.61. The van der Waals surface area contributed by atoms with Gasteiger partial charge in [0.25, 0.3) is 0 Å². The van der Waals surface area contributed by atoms with E-state index in [9.17, 15) is 8.42 Å². The van der Waals surface area contributed by atoms with Crippen molar-refractivity contribution in [3.63, 3.8) is 0 Å². The Morgan fingerprint density at radius 1 is 1.13 bits per heavy atom. The molecule has 1 fully saturated rings. The quantitative estimate of drug-likeness (QED) is 0.528. The van der Waals surface area contributed by atoms with Crippen LogP contribution in [0.1, 0.15) is 6.92 Å². The predicted molar refractivity (Wildman–Crippen MR) is 119 cm³/mol. The maximum absolute atomic E-state index is 12.5. The van der Waals surface area contributed by atoms with Crippen LogP contribution in [0.2, 0.25) is 0 Å². The molecule has 4 aromatic rings. The van der Waals surface area contributed by atoms with E-state index in [1.54, 1.807) is 18.3 Å². The zero-order chi connectivity index (χ0) is 21.6. The van der Waals surface area contributed by atoms with Crippen LogP contribution in [0.3, 0.4) is 0 Å². The first kappa shape index (κ1) is 19.8. The Bertz CT molecular complexity index is 1340. The van der Waals surface area contributed by atoms with E-state index in [0.29, 0.717) is 23.7 Å². The number of anilines is 1. The lowest BCUT2D eigenvalue weighted by Gasteiger charge is -2.34. The number of fused-ring (bicyclic) bond motifs is 1. The first-order valence-electron chi connectivity index (χ1n) is 10.1. The van der Waals surface area contributed by atoms with Crippen molar-refractivity contribution >= 4 is 26.7 Å². The van der Waals surface area contributed by atoms with Crippen molar-refractivity contribution in [3.05, 3.63) is 54.9 Å². The fourth-order valence-corrected chi connectivity index (χ4v) is 5.02. The number of nitrogens with zero attached hydrogens (tertiary/aromatic N) is 4. The van der Waals surface area contributed by atoms with Crippen LogP contribution in [-0.2, 0) is 14.6 Å². The van der Waals surface area contributed by atoms with Crippen molar-refractivity contribution in [3.8, 4) is 16.9 Å². The second-order valence-electron chi connectivity index (χ2n) is 7.77. The van der Waals surface area contributed by atoms with Crippen LogP contribution in [0.15, 0.2) is 59.8 Å². The van der Waals surface area contributed by atoms with Crippen LogP contribution in [0, 0.1) is 0 Å². The molecule has 0 bridgehead atoms. The Morgan fingerprint density at radius 3 is 2.71 bits per heavy atom. The van der Waals surface area contributed by atoms with Crippen LogP contribution < -0.4 is 4.90 Å². The number of aromatic amines is 1. The molecule has 0 aliphatic carbocycles. The molecule has 1 aliphatic rings. The van der Waals surface area contributed by atoms with Gasteiger partial charge in [-0.15, -0.1) is 0 Å². The minimum atomic E-state index is -3.41. The van der Waals surface area contributed by atoms with Gasteiger partial charge in [-0.3, -0.25) is 9.67 Å². The largest absolute Gasteiger partial charge is 0.377 e. The minimum absolute atomic E-state index is 0.158. The topological polar surface area (TPSA) is 93.1 Å². The number of ether oxygens (including phenoxy) is 1. The molecule has 8 nitrogen and oxygen atoms in total. The summed E-state index contributed by atoms with van der Waals surface area (Å²) in [5, 5.41) is 8.00. The first-order valence-corrected chi connectivity index (χ1v) is 12.0. The van der Waals surface area contributed by atoms with E-state index in [1.807, 2.05) is 41.1 Å². The molecule has 1 saturated heterocycles. The molecule has 0 spiro atoms. The average Bonchev–Trinajstić information content (AvgIpc) is 3.42. The Morgan fingerprint density at radius 2 is 1.97 bits per heavy atom. The second-order valence-corrected chi connectivity index (χ2v) is 9.75. The van der Waals surface area contributed by atoms with Crippen LogP contribution in [0.5, 0.6) is 0 Å². The summed E-state index contributed by atoms with van der Waals surface area (Å²) in [4.78, 5) is 7.48. The molecule has 1 N–H and O–H groups in total. The fraction of sp³-hybridized carbons (Fsp3) is 0.273. The lowest BCUT2D eigenvalue weighted by atomic mass is 10.0. The maximum Gasteiger partial charge on any atom is 0.176 e. The Hall–Kier alpha value is -3.17. The molecule has 3 aromatic heterocycles. The number of benzene rings is 1. The summed E-state index contributed by atoms with van der Waals surface area (Å²) in [6.07, 6.45) is 4.91. The summed E-state index contributed by atoms with van der Waals surface area (Å²) < 4.78 is 32.6.